The zero-order valence-corrected chi connectivity index (χ0v) is 41.2. The number of ether oxygens (including phenoxy) is 1. The molecule has 67 heavy (non-hydrogen) atoms. The van der Waals surface area contributed by atoms with Crippen LogP contribution in [0.3, 0.4) is 0 Å². The highest BCUT2D eigenvalue weighted by Gasteiger charge is 2.47. The molecule has 0 spiro atoms. The number of aliphatic hydroxyl groups is 2. The van der Waals surface area contributed by atoms with Gasteiger partial charge in [-0.2, -0.15) is 0 Å². The number of nitrogens with zero attached hydrogens (tertiary/aromatic N) is 4. The molecule has 3 rings (SSSR count). The molecule has 1 fully saturated rings. The van der Waals surface area contributed by atoms with Crippen molar-refractivity contribution in [1.82, 2.24) is 30.2 Å². The molecule has 7 atom stereocenters. The van der Waals surface area contributed by atoms with Crippen LogP contribution in [0.2, 0.25) is 0 Å². The number of nitrogens with one attached hydrogen (secondary N) is 2. The van der Waals surface area contributed by atoms with E-state index in [2.05, 4.69) is 62.5 Å². The number of carbonyl (C=O) groups excluding carboxylic acids is 3. The molecule has 1 aliphatic rings. The van der Waals surface area contributed by atoms with Gasteiger partial charge in [0.2, 0.25) is 16.9 Å². The summed E-state index contributed by atoms with van der Waals surface area (Å²) >= 11 is 1.05. The number of carbonyl (C=O) groups is 3. The lowest BCUT2D eigenvalue weighted by atomic mass is 9.87. The molecule has 3 heterocycles. The first-order chi connectivity index (χ1) is 31.6. The van der Waals surface area contributed by atoms with Crippen molar-refractivity contribution in [3.05, 3.63) is 37.0 Å². The van der Waals surface area contributed by atoms with E-state index in [0.29, 0.717) is 5.75 Å². The van der Waals surface area contributed by atoms with Crippen molar-refractivity contribution in [2.45, 2.75) is 135 Å². The number of unbranched alkanes of at least 4 members (excludes halogenated alkanes) is 10. The number of aliphatic hydroxyl groups excluding tert-OH is 2. The van der Waals surface area contributed by atoms with E-state index in [0.717, 1.165) is 54.7 Å². The second kappa shape index (κ2) is 28.6. The zero-order valence-electron chi connectivity index (χ0n) is 37.7. The first-order valence-electron chi connectivity index (χ1n) is 21.9. The van der Waals surface area contributed by atoms with Crippen molar-refractivity contribution < 1.29 is 80.5 Å². The summed E-state index contributed by atoms with van der Waals surface area (Å²) in [4.78, 5) is 96.7. The molecule has 6 N–H and O–H groups in total. The molecule has 380 valence electrons. The number of rotatable bonds is 33. The van der Waals surface area contributed by atoms with Crippen molar-refractivity contribution in [1.29, 1.82) is 0 Å². The molecule has 1 aliphatic heterocycles. The lowest BCUT2D eigenvalue weighted by molar-refractivity contribution is -0.347. The van der Waals surface area contributed by atoms with Crippen LogP contribution in [0.15, 0.2) is 37.0 Å². The van der Waals surface area contributed by atoms with Crippen molar-refractivity contribution >= 4 is 69.1 Å². The van der Waals surface area contributed by atoms with E-state index in [9.17, 15) is 57.9 Å². The maximum atomic E-state index is 12.6. The van der Waals surface area contributed by atoms with E-state index in [1.807, 2.05) is 6.08 Å². The Labute approximate surface area is 393 Å². The number of allylic oxidation sites excluding steroid dienone is 3. The molecule has 0 aliphatic carbocycles. The number of thioether (sulfide) groups is 1. The van der Waals surface area contributed by atoms with Gasteiger partial charge < -0.3 is 69.0 Å². The Morgan fingerprint density at radius 3 is 2.21 bits per heavy atom. The standard InChI is InChI=1S/C39H66N7O17P3S/c1-4-5-6-7-8-9-10-11-12-13-14-15-16-17-18-19-30(48)67-23-22-41-29(47)20-21-42-37(51)34(50)39(2,3)25-60-66(57,58)63-65(55,56)59-24-28-33(62-64(52,53)54)32(49)38(61-28)46-27-45-31-35(40)43-26-44-36(31)46/h9-10,18-19,26-28,32-34,38,49-50H,4-8,11-17,20-25H2,1-3H3,(H,41,47)(H,42,51)(H,55,56)(H,57,58)(H2,40,43,44)(H2,52,53,54)/p-4/b10-9-,19-18+/t28-,32-,33-,34+,38-/m1/s1. The number of nitrogen functional groups attached to an aromatic ring is 1. The number of imidazole rings is 1. The van der Waals surface area contributed by atoms with Gasteiger partial charge in [-0.15, -0.1) is 0 Å². The van der Waals surface area contributed by atoms with Crippen molar-refractivity contribution in [3.63, 3.8) is 0 Å². The lowest BCUT2D eigenvalue weighted by Crippen LogP contribution is -2.46. The maximum Gasteiger partial charge on any atom is 0.274 e. The number of aromatic nitrogens is 4. The minimum Gasteiger partial charge on any atom is -0.790 e. The summed E-state index contributed by atoms with van der Waals surface area (Å²) in [6.07, 6.45) is 14.3. The number of hydrogen-bond acceptors (Lipinski definition) is 22. The Morgan fingerprint density at radius 2 is 1.55 bits per heavy atom. The Morgan fingerprint density at radius 1 is 0.925 bits per heavy atom. The molecule has 0 bridgehead atoms. The number of nitrogens with two attached hydrogens (primary N) is 1. The number of phosphoric acid groups is 3. The molecular formula is C39H62N7O17P3S-4. The van der Waals surface area contributed by atoms with Gasteiger partial charge in [0.25, 0.3) is 15.6 Å². The highest BCUT2D eigenvalue weighted by atomic mass is 32.2. The van der Waals surface area contributed by atoms with E-state index >= 15 is 0 Å². The molecule has 2 unspecified atom stereocenters. The SMILES string of the molecule is CCCCCC/C=C\CCCCCCC/C=C/C(=O)SCCNC(=O)CCNC(=O)[C@H](O)C(C)(C)COP(=O)([O-])OP(=O)([O-])OC[C@H]1O[C@@H](n2cnc3c(N)ncnc32)[C@H](O)[C@@H]1OP(=O)([O-])[O-]. The first kappa shape index (κ1) is 58.4. The van der Waals surface area contributed by atoms with Crippen molar-refractivity contribution in [3.8, 4) is 0 Å². The molecule has 24 nitrogen and oxygen atoms in total. The minimum absolute atomic E-state index is 0.0202. The van der Waals surface area contributed by atoms with Gasteiger partial charge in [0.05, 0.1) is 27.4 Å². The van der Waals surface area contributed by atoms with E-state index < -0.39 is 84.6 Å². The van der Waals surface area contributed by atoms with Crippen molar-refractivity contribution in [2.24, 2.45) is 5.41 Å². The Bertz CT molecular complexity index is 2090. The van der Waals surface area contributed by atoms with E-state index in [1.54, 1.807) is 0 Å². The molecule has 0 radical (unpaired) electrons. The van der Waals surface area contributed by atoms with Crippen LogP contribution < -0.4 is 35.9 Å². The normalized spacial score (nSPS) is 20.3. The Balaban J connectivity index is 1.32. The van der Waals surface area contributed by atoms with E-state index in [1.165, 1.54) is 71.3 Å². The number of anilines is 1. The third kappa shape index (κ3) is 21.7. The van der Waals surface area contributed by atoms with Gasteiger partial charge in [-0.25, -0.2) is 19.3 Å². The minimum atomic E-state index is -5.92. The molecule has 2 aromatic heterocycles. The zero-order chi connectivity index (χ0) is 49.7. The molecule has 28 heteroatoms. The molecule has 0 saturated carbocycles. The van der Waals surface area contributed by atoms with Gasteiger partial charge >= 0.3 is 0 Å². The Hall–Kier alpha value is -2.96. The van der Waals surface area contributed by atoms with Gasteiger partial charge in [0.15, 0.2) is 17.7 Å². The van der Waals surface area contributed by atoms with Gasteiger partial charge in [-0.1, -0.05) is 89.3 Å². The van der Waals surface area contributed by atoms with Gasteiger partial charge in [-0.05, 0) is 44.6 Å². The molecule has 2 amide bonds. The average Bonchev–Trinajstić information content (AvgIpc) is 3.81. The summed E-state index contributed by atoms with van der Waals surface area (Å²) in [5.74, 6) is -1.22. The fourth-order valence-corrected chi connectivity index (χ4v) is 9.80. The fraction of sp³-hybridized carbons (Fsp3) is 0.692. The second-order valence-electron chi connectivity index (χ2n) is 16.2. The van der Waals surface area contributed by atoms with E-state index in [-0.39, 0.29) is 41.6 Å². The average molecular weight is 1030 g/mol. The summed E-state index contributed by atoms with van der Waals surface area (Å²) in [5, 5.41) is 26.3. The highest BCUT2D eigenvalue weighted by Crippen LogP contribution is 2.56. The monoisotopic (exact) mass is 1030 g/mol. The van der Waals surface area contributed by atoms with Gasteiger partial charge in [-0.3, -0.25) is 28.1 Å². The summed E-state index contributed by atoms with van der Waals surface area (Å²) in [7, 11) is -17.6. The summed E-state index contributed by atoms with van der Waals surface area (Å²) in [6.45, 7) is 2.32. The number of fused-ring (bicyclic) bond motifs is 1. The smallest absolute Gasteiger partial charge is 0.274 e. The molecule has 0 aromatic carbocycles. The lowest BCUT2D eigenvalue weighted by Gasteiger charge is -2.36. The fourth-order valence-electron chi connectivity index (χ4n) is 6.47. The third-order valence-electron chi connectivity index (χ3n) is 10.1. The van der Waals surface area contributed by atoms with Crippen LogP contribution in [0, 0.1) is 5.41 Å². The molecule has 2 aromatic rings. The number of amides is 2. The van der Waals surface area contributed by atoms with Crippen LogP contribution >= 0.6 is 35.2 Å². The van der Waals surface area contributed by atoms with Crippen LogP contribution in [-0.4, -0.2) is 103 Å². The second-order valence-corrected chi connectivity index (χ2v) is 21.4. The van der Waals surface area contributed by atoms with Crippen LogP contribution in [0.5, 0.6) is 0 Å². The van der Waals surface area contributed by atoms with Crippen LogP contribution in [0.1, 0.15) is 110 Å². The maximum absolute atomic E-state index is 12.6. The van der Waals surface area contributed by atoms with Crippen LogP contribution in [-0.2, 0) is 50.7 Å². The topological polar surface area (TPSA) is 375 Å². The summed E-state index contributed by atoms with van der Waals surface area (Å²) in [5.41, 5.74) is 4.08. The molecular weight excluding hydrogens is 963 g/mol. The first-order valence-corrected chi connectivity index (χ1v) is 27.2. The highest BCUT2D eigenvalue weighted by molar-refractivity contribution is 8.14. The van der Waals surface area contributed by atoms with Crippen molar-refractivity contribution in [2.75, 3.05) is 37.8 Å². The van der Waals surface area contributed by atoms with Crippen LogP contribution in [0.4, 0.5) is 5.82 Å². The summed E-state index contributed by atoms with van der Waals surface area (Å²) in [6, 6.07) is 0. The van der Waals surface area contributed by atoms with Crippen LogP contribution in [0.25, 0.3) is 11.2 Å². The largest absolute Gasteiger partial charge is 0.790 e. The quantitative estimate of drug-likeness (QED) is 0.0295. The summed E-state index contributed by atoms with van der Waals surface area (Å²) < 4.78 is 60.8. The predicted octanol–water partition coefficient (Wildman–Crippen LogP) is 1.95. The van der Waals surface area contributed by atoms with Gasteiger partial charge in [0.1, 0.15) is 36.3 Å². The van der Waals surface area contributed by atoms with Gasteiger partial charge in [0, 0.05) is 30.7 Å². The molecule has 1 saturated heterocycles. The van der Waals surface area contributed by atoms with E-state index in [4.69, 9.17) is 10.5 Å². The number of hydrogen-bond donors (Lipinski definition) is 5. The predicted molar refractivity (Wildman–Crippen MR) is 238 cm³/mol. The Kier molecular flexibility index (Phi) is 24.9. The number of phosphoric ester groups is 3. The third-order valence-corrected chi connectivity index (χ3v) is 13.9.